The molecule has 5 rings (SSSR count). The Morgan fingerprint density at radius 3 is 2.22 bits per heavy atom. The third-order valence-electron chi connectivity index (χ3n) is 6.86. The van der Waals surface area contributed by atoms with Crippen molar-refractivity contribution < 1.29 is 22.7 Å². The van der Waals surface area contributed by atoms with Crippen molar-refractivity contribution in [3.8, 4) is 11.1 Å². The van der Waals surface area contributed by atoms with E-state index >= 15 is 0 Å². The van der Waals surface area contributed by atoms with Crippen molar-refractivity contribution in [2.75, 3.05) is 24.5 Å². The minimum Gasteiger partial charge on any atom is -0.441 e. The molecular weight excluding hydrogens is 512 g/mol. The molecule has 0 saturated carbocycles. The quantitative estimate of drug-likeness (QED) is 0.344. The first-order valence-corrected chi connectivity index (χ1v) is 12.3. The summed E-state index contributed by atoms with van der Waals surface area (Å²) in [5.41, 5.74) is 0.998. The van der Waals surface area contributed by atoms with Crippen LogP contribution in [0.5, 0.6) is 0 Å². The fourth-order valence-electron chi connectivity index (χ4n) is 4.95. The summed E-state index contributed by atoms with van der Waals surface area (Å²) in [6.07, 6.45) is -3.77. The van der Waals surface area contributed by atoms with Gasteiger partial charge in [-0.1, -0.05) is 59.6 Å². The Hall–Kier alpha value is -2.74. The van der Waals surface area contributed by atoms with Gasteiger partial charge in [-0.15, -0.1) is 0 Å². The molecule has 2 aliphatic heterocycles. The smallest absolute Gasteiger partial charge is 0.417 e. The topological polar surface area (TPSA) is 32.8 Å². The summed E-state index contributed by atoms with van der Waals surface area (Å²) in [6.45, 7) is 1.88. The third-order valence-corrected chi connectivity index (χ3v) is 7.50. The summed E-state index contributed by atoms with van der Waals surface area (Å²) >= 11 is 12.4. The van der Waals surface area contributed by atoms with Crippen LogP contribution in [0.2, 0.25) is 10.0 Å². The highest BCUT2D eigenvalue weighted by Gasteiger charge is 2.47. The van der Waals surface area contributed by atoms with Gasteiger partial charge in [0.1, 0.15) is 5.60 Å². The second kappa shape index (κ2) is 9.61. The summed E-state index contributed by atoms with van der Waals surface area (Å²) in [7, 11) is 0. The number of carbonyl (C=O) groups excluding carboxylic acids is 1. The average molecular weight is 535 g/mol. The number of carbonyl (C=O) groups is 1. The van der Waals surface area contributed by atoms with Crippen LogP contribution in [0.25, 0.3) is 11.1 Å². The molecular formula is C27H23Cl2F3N2O2. The lowest BCUT2D eigenvalue weighted by molar-refractivity contribution is -0.137. The van der Waals surface area contributed by atoms with Crippen LogP contribution in [0.15, 0.2) is 66.7 Å². The van der Waals surface area contributed by atoms with Crippen LogP contribution in [0.4, 0.5) is 23.7 Å². The van der Waals surface area contributed by atoms with E-state index in [0.717, 1.165) is 11.8 Å². The Labute approximate surface area is 217 Å². The minimum atomic E-state index is -4.57. The predicted octanol–water partition coefficient (Wildman–Crippen LogP) is 7.67. The molecule has 0 aromatic heterocycles. The molecule has 0 N–H and O–H groups in total. The Balaban J connectivity index is 1.37. The number of ether oxygens (including phenoxy) is 1. The summed E-state index contributed by atoms with van der Waals surface area (Å²) in [4.78, 5) is 16.3. The van der Waals surface area contributed by atoms with Gasteiger partial charge in [0.15, 0.2) is 0 Å². The van der Waals surface area contributed by atoms with Gasteiger partial charge in [-0.3, -0.25) is 9.80 Å². The largest absolute Gasteiger partial charge is 0.441 e. The molecule has 2 saturated heterocycles. The lowest BCUT2D eigenvalue weighted by atomic mass is 9.90. The third kappa shape index (κ3) is 4.92. The zero-order valence-corrected chi connectivity index (χ0v) is 20.7. The van der Waals surface area contributed by atoms with Gasteiger partial charge < -0.3 is 4.74 Å². The van der Waals surface area contributed by atoms with E-state index in [4.69, 9.17) is 27.9 Å². The fraction of sp³-hybridized carbons (Fsp3) is 0.296. The lowest BCUT2D eigenvalue weighted by Crippen LogP contribution is -2.46. The number of rotatable bonds is 4. The molecule has 3 aromatic carbocycles. The van der Waals surface area contributed by atoms with Gasteiger partial charge in [0, 0.05) is 48.7 Å². The van der Waals surface area contributed by atoms with Gasteiger partial charge in [0.05, 0.1) is 17.1 Å². The van der Waals surface area contributed by atoms with Crippen molar-refractivity contribution in [2.45, 2.75) is 31.2 Å². The average Bonchev–Trinajstić information content (AvgIpc) is 3.17. The van der Waals surface area contributed by atoms with Crippen molar-refractivity contribution in [2.24, 2.45) is 0 Å². The number of halogens is 5. The second-order valence-corrected chi connectivity index (χ2v) is 10.0. The van der Waals surface area contributed by atoms with E-state index < -0.39 is 17.3 Å². The Morgan fingerprint density at radius 2 is 1.56 bits per heavy atom. The van der Waals surface area contributed by atoms with Gasteiger partial charge in [-0.05, 0) is 41.5 Å². The van der Waals surface area contributed by atoms with Crippen molar-refractivity contribution >= 4 is 35.0 Å². The first kappa shape index (κ1) is 24.9. The maximum absolute atomic E-state index is 13.7. The Morgan fingerprint density at radius 1 is 0.889 bits per heavy atom. The number of piperidine rings is 1. The number of anilines is 1. The number of para-hydroxylation sites is 1. The van der Waals surface area contributed by atoms with Gasteiger partial charge in [0.25, 0.3) is 0 Å². The first-order valence-electron chi connectivity index (χ1n) is 11.6. The number of likely N-dealkylation sites (tertiary alicyclic amines) is 1. The monoisotopic (exact) mass is 534 g/mol. The maximum Gasteiger partial charge on any atom is 0.417 e. The molecule has 1 spiro atoms. The Kier molecular flexibility index (Phi) is 6.66. The van der Waals surface area contributed by atoms with Crippen LogP contribution in [-0.4, -0.2) is 36.2 Å². The van der Waals surface area contributed by atoms with Crippen molar-refractivity contribution in [3.05, 3.63) is 87.9 Å². The van der Waals surface area contributed by atoms with Crippen LogP contribution in [0.3, 0.4) is 0 Å². The minimum absolute atomic E-state index is 0.285. The number of amides is 1. The summed E-state index contributed by atoms with van der Waals surface area (Å²) in [6, 6.07) is 18.8. The number of nitrogens with zero attached hydrogens (tertiary/aromatic N) is 2. The van der Waals surface area contributed by atoms with E-state index in [-0.39, 0.29) is 17.7 Å². The molecule has 9 heteroatoms. The van der Waals surface area contributed by atoms with E-state index in [1.807, 2.05) is 30.3 Å². The van der Waals surface area contributed by atoms with Gasteiger partial charge in [-0.2, -0.15) is 13.2 Å². The number of hydrogen-bond acceptors (Lipinski definition) is 3. The van der Waals surface area contributed by atoms with Crippen molar-refractivity contribution in [1.29, 1.82) is 0 Å². The summed E-state index contributed by atoms with van der Waals surface area (Å²) < 4.78 is 46.8. The van der Waals surface area contributed by atoms with E-state index in [2.05, 4.69) is 4.90 Å². The van der Waals surface area contributed by atoms with Crippen LogP contribution < -0.4 is 4.90 Å². The Bertz CT molecular complexity index is 1280. The molecule has 0 aliphatic carbocycles. The molecule has 1 amide bonds. The predicted molar refractivity (Wildman–Crippen MR) is 134 cm³/mol. The fourth-order valence-corrected chi connectivity index (χ4v) is 5.45. The molecule has 0 bridgehead atoms. The van der Waals surface area contributed by atoms with E-state index in [0.29, 0.717) is 54.2 Å². The SMILES string of the molecule is O=C1OC2(CCN(Cc3cc(C(F)(F)F)c(Cl)cc3-c3ccccc3Cl)CC2)CN1c1ccccc1. The molecule has 36 heavy (non-hydrogen) atoms. The van der Waals surface area contributed by atoms with Crippen molar-refractivity contribution in [3.63, 3.8) is 0 Å². The molecule has 0 radical (unpaired) electrons. The number of hydrogen-bond donors (Lipinski definition) is 0. The van der Waals surface area contributed by atoms with Gasteiger partial charge >= 0.3 is 12.3 Å². The molecule has 2 fully saturated rings. The second-order valence-electron chi connectivity index (χ2n) is 9.22. The lowest BCUT2D eigenvalue weighted by Gasteiger charge is -2.37. The molecule has 2 aliphatic rings. The van der Waals surface area contributed by atoms with E-state index in [1.54, 1.807) is 29.2 Å². The normalized spacial score (nSPS) is 18.0. The number of alkyl halides is 3. The highest BCUT2D eigenvalue weighted by Crippen LogP contribution is 2.42. The highest BCUT2D eigenvalue weighted by molar-refractivity contribution is 6.34. The molecule has 2 heterocycles. The van der Waals surface area contributed by atoms with Gasteiger partial charge in [0.2, 0.25) is 0 Å². The van der Waals surface area contributed by atoms with Crippen LogP contribution >= 0.6 is 23.2 Å². The van der Waals surface area contributed by atoms with Crippen molar-refractivity contribution in [1.82, 2.24) is 4.90 Å². The van der Waals surface area contributed by atoms with Crippen LogP contribution in [0.1, 0.15) is 24.0 Å². The van der Waals surface area contributed by atoms with Gasteiger partial charge in [-0.25, -0.2) is 4.79 Å². The maximum atomic E-state index is 13.7. The van der Waals surface area contributed by atoms with E-state index in [1.165, 1.54) is 6.07 Å². The molecule has 4 nitrogen and oxygen atoms in total. The zero-order valence-electron chi connectivity index (χ0n) is 19.2. The molecule has 0 atom stereocenters. The summed E-state index contributed by atoms with van der Waals surface area (Å²) in [5.74, 6) is 0. The van der Waals surface area contributed by atoms with E-state index in [9.17, 15) is 18.0 Å². The van der Waals surface area contributed by atoms with Crippen LogP contribution in [0, 0.1) is 0 Å². The first-order chi connectivity index (χ1) is 17.2. The standard InChI is InChI=1S/C27H23Cl2F3N2O2/c28-23-9-5-4-8-20(23)21-15-24(29)22(27(30,31)32)14-18(21)16-33-12-10-26(11-13-33)17-34(25(35)36-26)19-6-2-1-3-7-19/h1-9,14-15H,10-13,16-17H2. The molecule has 188 valence electrons. The van der Waals surface area contributed by atoms with Crippen LogP contribution in [-0.2, 0) is 17.5 Å². The molecule has 0 unspecified atom stereocenters. The number of benzene rings is 3. The zero-order chi connectivity index (χ0) is 25.5. The molecule has 3 aromatic rings. The summed E-state index contributed by atoms with van der Waals surface area (Å²) in [5, 5.41) is 0.0729. The highest BCUT2D eigenvalue weighted by atomic mass is 35.5.